The van der Waals surface area contributed by atoms with Gasteiger partial charge < -0.3 is 20.6 Å². The molecule has 2 unspecified atom stereocenters. The van der Waals surface area contributed by atoms with Gasteiger partial charge in [-0.1, -0.05) is 0 Å². The first-order chi connectivity index (χ1) is 6.31. The van der Waals surface area contributed by atoms with Gasteiger partial charge in [-0.15, -0.1) is 0 Å². The third-order valence-corrected chi connectivity index (χ3v) is 3.36. The van der Waals surface area contributed by atoms with Gasteiger partial charge in [-0.05, 0) is 24.7 Å². The molecule has 3 atom stereocenters. The minimum atomic E-state index is -3.95. The number of aliphatic carboxylic acids is 1. The number of rotatable bonds is 5. The van der Waals surface area contributed by atoms with Gasteiger partial charge in [0.15, 0.2) is 0 Å². The van der Waals surface area contributed by atoms with Crippen molar-refractivity contribution in [1.29, 1.82) is 0 Å². The first-order valence-corrected chi connectivity index (χ1v) is 6.14. The van der Waals surface area contributed by atoms with Gasteiger partial charge in [0.05, 0.1) is 6.16 Å². The van der Waals surface area contributed by atoms with Crippen LogP contribution in [0.25, 0.3) is 0 Å². The quantitative estimate of drug-likeness (QED) is 0.470. The van der Waals surface area contributed by atoms with Crippen molar-refractivity contribution in [2.45, 2.75) is 18.9 Å². The number of nitrogens with two attached hydrogens (primary N) is 1. The van der Waals surface area contributed by atoms with Crippen LogP contribution in [-0.2, 0) is 9.36 Å². The van der Waals surface area contributed by atoms with Crippen LogP contribution >= 0.6 is 7.60 Å². The Labute approximate surface area is 81.3 Å². The summed E-state index contributed by atoms with van der Waals surface area (Å²) >= 11 is 0. The molecule has 0 radical (unpaired) electrons. The molecule has 6 nitrogen and oxygen atoms in total. The zero-order chi connectivity index (χ0) is 10.9. The van der Waals surface area contributed by atoms with Crippen molar-refractivity contribution in [1.82, 2.24) is 0 Å². The highest BCUT2D eigenvalue weighted by Gasteiger charge is 2.44. The number of carboxylic acids is 1. The van der Waals surface area contributed by atoms with Crippen molar-refractivity contribution in [3.8, 4) is 0 Å². The lowest BCUT2D eigenvalue weighted by Gasteiger charge is -2.05. The van der Waals surface area contributed by atoms with E-state index in [0.717, 1.165) is 0 Å². The van der Waals surface area contributed by atoms with Gasteiger partial charge in [0.1, 0.15) is 6.04 Å². The molecule has 0 aromatic heterocycles. The third-order valence-electron chi connectivity index (χ3n) is 2.51. The Balaban J connectivity index is 2.27. The Morgan fingerprint density at radius 1 is 1.57 bits per heavy atom. The minimum absolute atomic E-state index is 0.0636. The summed E-state index contributed by atoms with van der Waals surface area (Å²) < 4.78 is 10.5. The van der Waals surface area contributed by atoms with Crippen molar-refractivity contribution in [3.63, 3.8) is 0 Å². The molecule has 5 N–H and O–H groups in total. The zero-order valence-electron chi connectivity index (χ0n) is 7.54. The highest BCUT2D eigenvalue weighted by Crippen LogP contribution is 2.47. The fourth-order valence-corrected chi connectivity index (χ4v) is 2.23. The average molecular weight is 223 g/mol. The molecule has 0 heterocycles. The third kappa shape index (κ3) is 3.38. The van der Waals surface area contributed by atoms with Crippen LogP contribution in [0, 0.1) is 11.8 Å². The second kappa shape index (κ2) is 3.98. The van der Waals surface area contributed by atoms with E-state index < -0.39 is 19.6 Å². The maximum Gasteiger partial charge on any atom is 0.325 e. The highest BCUT2D eigenvalue weighted by molar-refractivity contribution is 7.51. The Morgan fingerprint density at radius 2 is 2.14 bits per heavy atom. The lowest BCUT2D eigenvalue weighted by Crippen LogP contribution is -2.32. The molecule has 0 amide bonds. The van der Waals surface area contributed by atoms with E-state index in [1.54, 1.807) is 0 Å². The van der Waals surface area contributed by atoms with Gasteiger partial charge in [0.25, 0.3) is 0 Å². The molecule has 0 saturated heterocycles. The summed E-state index contributed by atoms with van der Waals surface area (Å²) in [6, 6.07) is -0.892. The molecule has 0 spiro atoms. The van der Waals surface area contributed by atoms with Crippen LogP contribution in [0.15, 0.2) is 0 Å². The molecule has 7 heteroatoms. The molecule has 1 fully saturated rings. The van der Waals surface area contributed by atoms with Crippen LogP contribution in [0.3, 0.4) is 0 Å². The summed E-state index contributed by atoms with van der Waals surface area (Å²) in [6.07, 6.45) is 0.837. The summed E-state index contributed by atoms with van der Waals surface area (Å²) in [4.78, 5) is 27.6. The van der Waals surface area contributed by atoms with E-state index in [1.807, 2.05) is 0 Å². The molecular formula is C7H14NO5P. The summed E-state index contributed by atoms with van der Waals surface area (Å²) in [7, 11) is -3.95. The van der Waals surface area contributed by atoms with Crippen LogP contribution in [-0.4, -0.2) is 33.1 Å². The van der Waals surface area contributed by atoms with Gasteiger partial charge in [-0.2, -0.15) is 0 Å². The predicted molar refractivity (Wildman–Crippen MR) is 48.7 cm³/mol. The van der Waals surface area contributed by atoms with Crippen molar-refractivity contribution in [2.24, 2.45) is 17.6 Å². The maximum absolute atomic E-state index is 10.5. The van der Waals surface area contributed by atoms with Crippen LogP contribution in [0.2, 0.25) is 0 Å². The average Bonchev–Trinajstić information content (AvgIpc) is 2.76. The summed E-state index contributed by atoms with van der Waals surface area (Å²) in [5, 5.41) is 8.56. The molecular weight excluding hydrogens is 209 g/mol. The molecule has 0 aromatic carbocycles. The summed E-state index contributed by atoms with van der Waals surface area (Å²) in [5.41, 5.74) is 5.36. The second-order valence-corrected chi connectivity index (χ2v) is 5.48. The molecule has 82 valence electrons. The zero-order valence-corrected chi connectivity index (χ0v) is 8.43. The Hall–Kier alpha value is -0.420. The van der Waals surface area contributed by atoms with Crippen LogP contribution in [0.5, 0.6) is 0 Å². The van der Waals surface area contributed by atoms with E-state index in [4.69, 9.17) is 20.6 Å². The van der Waals surface area contributed by atoms with E-state index in [0.29, 0.717) is 12.8 Å². The summed E-state index contributed by atoms with van der Waals surface area (Å²) in [5.74, 6) is -1.10. The largest absolute Gasteiger partial charge is 0.480 e. The molecule has 0 aliphatic heterocycles. The molecule has 1 rings (SSSR count). The highest BCUT2D eigenvalue weighted by atomic mass is 31.2. The number of hydrogen-bond donors (Lipinski definition) is 4. The Kier molecular flexibility index (Phi) is 3.32. The van der Waals surface area contributed by atoms with Crippen molar-refractivity contribution in [3.05, 3.63) is 0 Å². The Bertz CT molecular complexity index is 275. The van der Waals surface area contributed by atoms with Crippen molar-refractivity contribution in [2.75, 3.05) is 6.16 Å². The van der Waals surface area contributed by atoms with E-state index in [9.17, 15) is 9.36 Å². The number of carbonyl (C=O) groups is 1. The van der Waals surface area contributed by atoms with Crippen LogP contribution in [0.4, 0.5) is 0 Å². The van der Waals surface area contributed by atoms with E-state index in [2.05, 4.69) is 0 Å². The monoisotopic (exact) mass is 223 g/mol. The van der Waals surface area contributed by atoms with Gasteiger partial charge in [-0.3, -0.25) is 9.36 Å². The van der Waals surface area contributed by atoms with Gasteiger partial charge in [0, 0.05) is 0 Å². The molecule has 1 aliphatic carbocycles. The number of carboxylic acid groups (broad SMARTS) is 1. The van der Waals surface area contributed by atoms with Crippen LogP contribution in [0.1, 0.15) is 12.8 Å². The molecule has 1 aliphatic rings. The van der Waals surface area contributed by atoms with Gasteiger partial charge in [-0.25, -0.2) is 0 Å². The Morgan fingerprint density at radius 3 is 2.57 bits per heavy atom. The minimum Gasteiger partial charge on any atom is -0.480 e. The lowest BCUT2D eigenvalue weighted by atomic mass is 10.1. The van der Waals surface area contributed by atoms with Crippen LogP contribution < -0.4 is 5.73 Å². The smallest absolute Gasteiger partial charge is 0.325 e. The van der Waals surface area contributed by atoms with E-state index in [-0.39, 0.29) is 18.0 Å². The molecule has 1 saturated carbocycles. The standard InChI is InChI=1S/C7H14NO5P/c8-6(7(9)10)5-3-4(5)1-2-14(11,12)13/h4-6H,1-3,8H2,(H,9,10)(H2,11,12,13)/t4?,5?,6-/m1/s1. The summed E-state index contributed by atoms with van der Waals surface area (Å²) in [6.45, 7) is 0. The van der Waals surface area contributed by atoms with E-state index in [1.165, 1.54) is 0 Å². The maximum atomic E-state index is 10.5. The topological polar surface area (TPSA) is 121 Å². The van der Waals surface area contributed by atoms with Crippen molar-refractivity contribution < 1.29 is 24.3 Å². The van der Waals surface area contributed by atoms with Crippen molar-refractivity contribution >= 4 is 13.6 Å². The first-order valence-electron chi connectivity index (χ1n) is 4.34. The predicted octanol–water partition coefficient (Wildman–Crippen LogP) is -0.398. The fraction of sp³-hybridized carbons (Fsp3) is 0.857. The van der Waals surface area contributed by atoms with E-state index >= 15 is 0 Å². The normalized spacial score (nSPS) is 28.5. The SMILES string of the molecule is N[C@@H](C(=O)O)C1CC1CCP(=O)(O)O. The van der Waals surface area contributed by atoms with Gasteiger partial charge >= 0.3 is 13.6 Å². The lowest BCUT2D eigenvalue weighted by molar-refractivity contribution is -0.139. The fourth-order valence-electron chi connectivity index (χ4n) is 1.56. The molecule has 14 heavy (non-hydrogen) atoms. The molecule has 0 bridgehead atoms. The number of hydrogen-bond acceptors (Lipinski definition) is 3. The first kappa shape index (κ1) is 11.7. The van der Waals surface area contributed by atoms with Gasteiger partial charge in [0.2, 0.25) is 0 Å². The second-order valence-electron chi connectivity index (χ2n) is 3.70. The molecule has 0 aromatic rings.